The number of carboxylic acids is 1. The van der Waals surface area contributed by atoms with Gasteiger partial charge in [0.05, 0.1) is 5.69 Å². The summed E-state index contributed by atoms with van der Waals surface area (Å²) in [5.74, 6) is 0.710. The van der Waals surface area contributed by atoms with Gasteiger partial charge in [0.1, 0.15) is 44.0 Å². The van der Waals surface area contributed by atoms with Gasteiger partial charge in [-0.2, -0.15) is 0 Å². The smallest absolute Gasteiger partial charge is 0.311 e. The number of aromatic nitrogens is 1. The van der Waals surface area contributed by atoms with Crippen molar-refractivity contribution in [1.29, 1.82) is 0 Å². The SMILES string of the molecule is C=C/C=C(C=C)/C(COc1ccc(COc2ccc(-c3c(C)noc3CC(=O)O)cc2)cc1)=N/OC.CC. The van der Waals surface area contributed by atoms with Gasteiger partial charge in [-0.3, -0.25) is 4.79 Å². The molecule has 0 saturated carbocycles. The normalized spacial score (nSPS) is 11.2. The molecule has 1 heterocycles. The second-order valence-electron chi connectivity index (χ2n) is 7.66. The Kier molecular flexibility index (Phi) is 12.1. The van der Waals surface area contributed by atoms with Gasteiger partial charge in [0.2, 0.25) is 0 Å². The zero-order valence-electron chi connectivity index (χ0n) is 22.3. The van der Waals surface area contributed by atoms with Crippen molar-refractivity contribution in [2.45, 2.75) is 33.8 Å². The third-order valence-electron chi connectivity index (χ3n) is 5.14. The summed E-state index contributed by atoms with van der Waals surface area (Å²) in [6.45, 7) is 13.8. The van der Waals surface area contributed by atoms with Crippen molar-refractivity contribution in [3.63, 3.8) is 0 Å². The predicted octanol–water partition coefficient (Wildman–Crippen LogP) is 6.56. The molecule has 0 radical (unpaired) electrons. The molecular weight excluding hydrogens is 484 g/mol. The summed E-state index contributed by atoms with van der Waals surface area (Å²) in [5, 5.41) is 17.0. The number of aryl methyl sites for hydroxylation is 1. The van der Waals surface area contributed by atoms with Gasteiger partial charge in [-0.25, -0.2) is 0 Å². The van der Waals surface area contributed by atoms with Gasteiger partial charge in [-0.1, -0.05) is 79.8 Å². The van der Waals surface area contributed by atoms with Gasteiger partial charge in [-0.15, -0.1) is 0 Å². The van der Waals surface area contributed by atoms with Crippen LogP contribution in [-0.2, 0) is 22.7 Å². The van der Waals surface area contributed by atoms with E-state index in [0.29, 0.717) is 40.8 Å². The number of ether oxygens (including phenoxy) is 2. The lowest BCUT2D eigenvalue weighted by molar-refractivity contribution is -0.136. The zero-order chi connectivity index (χ0) is 27.9. The van der Waals surface area contributed by atoms with Crippen LogP contribution in [0, 0.1) is 6.92 Å². The minimum Gasteiger partial charge on any atom is -0.489 e. The van der Waals surface area contributed by atoms with E-state index >= 15 is 0 Å². The van der Waals surface area contributed by atoms with E-state index < -0.39 is 5.97 Å². The fourth-order valence-corrected chi connectivity index (χ4v) is 3.44. The van der Waals surface area contributed by atoms with Gasteiger partial charge in [0.15, 0.2) is 5.76 Å². The molecule has 8 heteroatoms. The number of benzene rings is 2. The average Bonchev–Trinajstić information content (AvgIpc) is 3.29. The summed E-state index contributed by atoms with van der Waals surface area (Å²) < 4.78 is 16.9. The molecule has 200 valence electrons. The molecule has 0 aliphatic rings. The van der Waals surface area contributed by atoms with Crippen LogP contribution >= 0.6 is 0 Å². The summed E-state index contributed by atoms with van der Waals surface area (Å²) in [6.07, 6.45) is 4.87. The summed E-state index contributed by atoms with van der Waals surface area (Å²) in [4.78, 5) is 16.0. The van der Waals surface area contributed by atoms with Crippen molar-refractivity contribution < 1.29 is 28.7 Å². The Labute approximate surface area is 223 Å². The van der Waals surface area contributed by atoms with Crippen molar-refractivity contribution in [3.8, 4) is 22.6 Å². The van der Waals surface area contributed by atoms with Crippen molar-refractivity contribution in [1.82, 2.24) is 5.16 Å². The average molecular weight is 519 g/mol. The van der Waals surface area contributed by atoms with Gasteiger partial charge < -0.3 is 23.9 Å². The molecule has 0 aliphatic heterocycles. The van der Waals surface area contributed by atoms with Crippen LogP contribution in [0.3, 0.4) is 0 Å². The number of carbonyl (C=O) groups is 1. The predicted molar refractivity (Wildman–Crippen MR) is 149 cm³/mol. The quantitative estimate of drug-likeness (QED) is 0.155. The van der Waals surface area contributed by atoms with E-state index in [0.717, 1.165) is 16.7 Å². The molecule has 0 atom stereocenters. The fourth-order valence-electron chi connectivity index (χ4n) is 3.44. The fraction of sp³-hybridized carbons (Fsp3) is 0.233. The van der Waals surface area contributed by atoms with Gasteiger partial charge in [0.25, 0.3) is 0 Å². The van der Waals surface area contributed by atoms with E-state index in [9.17, 15) is 4.79 Å². The Bertz CT molecular complexity index is 1250. The number of oxime groups is 1. The number of nitrogens with zero attached hydrogens (tertiary/aromatic N) is 2. The Morgan fingerprint density at radius 1 is 1.05 bits per heavy atom. The van der Waals surface area contributed by atoms with Crippen molar-refractivity contribution in [2.24, 2.45) is 5.16 Å². The number of allylic oxidation sites excluding steroid dienone is 3. The highest BCUT2D eigenvalue weighted by atomic mass is 16.6. The Hall–Kier alpha value is -4.59. The van der Waals surface area contributed by atoms with Gasteiger partial charge in [0, 0.05) is 11.1 Å². The number of carboxylic acid groups (broad SMARTS) is 1. The van der Waals surface area contributed by atoms with Crippen LogP contribution in [0.25, 0.3) is 11.1 Å². The first-order valence-corrected chi connectivity index (χ1v) is 12.1. The van der Waals surface area contributed by atoms with Crippen LogP contribution in [0.5, 0.6) is 11.5 Å². The topological polar surface area (TPSA) is 103 Å². The molecule has 0 aliphatic carbocycles. The van der Waals surface area contributed by atoms with Crippen molar-refractivity contribution in [2.75, 3.05) is 13.7 Å². The Balaban J connectivity index is 0.00000247. The zero-order valence-corrected chi connectivity index (χ0v) is 22.3. The lowest BCUT2D eigenvalue weighted by Gasteiger charge is -2.11. The Morgan fingerprint density at radius 2 is 1.68 bits per heavy atom. The molecule has 1 aromatic heterocycles. The maximum absolute atomic E-state index is 11.1. The third-order valence-corrected chi connectivity index (χ3v) is 5.14. The second kappa shape index (κ2) is 15.5. The van der Waals surface area contributed by atoms with E-state index in [2.05, 4.69) is 23.5 Å². The molecule has 3 rings (SSSR count). The first kappa shape index (κ1) is 29.6. The molecule has 0 saturated heterocycles. The maximum Gasteiger partial charge on any atom is 0.311 e. The molecule has 1 N–H and O–H groups in total. The van der Waals surface area contributed by atoms with Crippen LogP contribution < -0.4 is 9.47 Å². The minimum absolute atomic E-state index is 0.210. The summed E-state index contributed by atoms with van der Waals surface area (Å²) in [6, 6.07) is 14.9. The monoisotopic (exact) mass is 518 g/mol. The van der Waals surface area contributed by atoms with E-state index in [1.165, 1.54) is 7.11 Å². The summed E-state index contributed by atoms with van der Waals surface area (Å²) in [7, 11) is 1.48. The van der Waals surface area contributed by atoms with Gasteiger partial charge >= 0.3 is 5.97 Å². The first-order chi connectivity index (χ1) is 18.4. The molecule has 38 heavy (non-hydrogen) atoms. The van der Waals surface area contributed by atoms with Crippen molar-refractivity contribution >= 4 is 11.7 Å². The van der Waals surface area contributed by atoms with Crippen LogP contribution in [-0.4, -0.2) is 35.7 Å². The summed E-state index contributed by atoms with van der Waals surface area (Å²) in [5.41, 5.74) is 4.48. The molecular formula is C30H34N2O6. The molecule has 0 bridgehead atoms. The van der Waals surface area contributed by atoms with E-state index in [-0.39, 0.29) is 13.0 Å². The first-order valence-electron chi connectivity index (χ1n) is 12.1. The molecule has 2 aromatic carbocycles. The van der Waals surface area contributed by atoms with Crippen molar-refractivity contribution in [3.05, 3.63) is 103 Å². The molecule has 3 aromatic rings. The largest absolute Gasteiger partial charge is 0.489 e. The molecule has 0 fully saturated rings. The minimum atomic E-state index is -0.974. The highest BCUT2D eigenvalue weighted by Gasteiger charge is 2.17. The number of hydrogen-bond acceptors (Lipinski definition) is 7. The number of hydrogen-bond donors (Lipinski definition) is 1. The lowest BCUT2D eigenvalue weighted by Crippen LogP contribution is -2.14. The molecule has 8 nitrogen and oxygen atoms in total. The molecule has 0 spiro atoms. The Morgan fingerprint density at radius 3 is 2.26 bits per heavy atom. The molecule has 0 amide bonds. The van der Waals surface area contributed by atoms with Crippen LogP contribution in [0.4, 0.5) is 0 Å². The number of rotatable bonds is 13. The van der Waals surface area contributed by atoms with E-state index in [4.69, 9.17) is 23.9 Å². The summed E-state index contributed by atoms with van der Waals surface area (Å²) >= 11 is 0. The second-order valence-corrected chi connectivity index (χ2v) is 7.66. The lowest BCUT2D eigenvalue weighted by atomic mass is 10.0. The standard InChI is InChI=1S/C28H28N2O6.C2H6/c1-5-7-21(6-2)25(30-33-4)18-35-23-12-8-20(9-13-23)17-34-24-14-10-22(11-15-24)28-19(3)29-36-26(28)16-27(31)32;1-2/h5-15H,1-2,16-18H2,3-4H3,(H,31,32);1-2H3/b21-7+,30-25+;. The maximum atomic E-state index is 11.1. The van der Waals surface area contributed by atoms with Crippen LogP contribution in [0.15, 0.2) is 95.2 Å². The van der Waals surface area contributed by atoms with Gasteiger partial charge in [-0.05, 0) is 42.3 Å². The highest BCUT2D eigenvalue weighted by molar-refractivity contribution is 6.03. The van der Waals surface area contributed by atoms with E-state index in [1.807, 2.05) is 62.4 Å². The molecule has 0 unspecified atom stereocenters. The van der Waals surface area contributed by atoms with Crippen LogP contribution in [0.1, 0.15) is 30.9 Å². The van der Waals surface area contributed by atoms with Crippen LogP contribution in [0.2, 0.25) is 0 Å². The number of aliphatic carboxylic acids is 1. The third kappa shape index (κ3) is 8.51. The van der Waals surface area contributed by atoms with E-state index in [1.54, 1.807) is 25.2 Å². The highest BCUT2D eigenvalue weighted by Crippen LogP contribution is 2.29.